The van der Waals surface area contributed by atoms with Gasteiger partial charge in [0.15, 0.2) is 0 Å². The number of amides is 1. The van der Waals surface area contributed by atoms with Crippen molar-refractivity contribution in [1.29, 1.82) is 0 Å². The van der Waals surface area contributed by atoms with Gasteiger partial charge in [-0.15, -0.1) is 0 Å². The summed E-state index contributed by atoms with van der Waals surface area (Å²) in [6.45, 7) is -2.21. The van der Waals surface area contributed by atoms with Gasteiger partial charge in [0, 0.05) is 31.3 Å². The Kier molecular flexibility index (Phi) is 4.35. The number of ether oxygens (including phenoxy) is 1. The van der Waals surface area contributed by atoms with Gasteiger partial charge in [-0.1, -0.05) is 0 Å². The van der Waals surface area contributed by atoms with E-state index in [1.165, 1.54) is 4.90 Å². The molecule has 1 amide bonds. The van der Waals surface area contributed by atoms with Crippen LogP contribution >= 0.6 is 0 Å². The van der Waals surface area contributed by atoms with Crippen molar-refractivity contribution in [2.75, 3.05) is 13.1 Å². The lowest BCUT2D eigenvalue weighted by atomic mass is 9.98. The zero-order chi connectivity index (χ0) is 17.4. The summed E-state index contributed by atoms with van der Waals surface area (Å²) in [4.78, 5) is 24.4. The maximum absolute atomic E-state index is 12.7. The molecule has 1 aliphatic carbocycles. The Morgan fingerprint density at radius 2 is 2.12 bits per heavy atom. The first-order chi connectivity index (χ1) is 11.4. The van der Waals surface area contributed by atoms with Crippen LogP contribution in [0.4, 0.5) is 14.5 Å². The minimum absolute atomic E-state index is 0.0229. The second-order valence-electron chi connectivity index (χ2n) is 6.19. The highest BCUT2D eigenvalue weighted by Gasteiger charge is 2.43. The summed E-state index contributed by atoms with van der Waals surface area (Å²) in [5.41, 5.74) is 5.45. The predicted octanol–water partition coefficient (Wildman–Crippen LogP) is 2.01. The van der Waals surface area contributed by atoms with Crippen LogP contribution in [-0.4, -0.2) is 41.5 Å². The third-order valence-corrected chi connectivity index (χ3v) is 4.82. The molecule has 2 fully saturated rings. The molecule has 7 nitrogen and oxygen atoms in total. The molecule has 24 heavy (non-hydrogen) atoms. The van der Waals surface area contributed by atoms with Crippen molar-refractivity contribution in [2.45, 2.75) is 25.5 Å². The van der Waals surface area contributed by atoms with E-state index in [0.29, 0.717) is 19.0 Å². The quantitative estimate of drug-likeness (QED) is 0.667. The first-order valence-corrected chi connectivity index (χ1v) is 7.65. The SMILES string of the molecule is NC1CCC2CN(C(=O)c3cc([N+](=O)[O-])ccc3OC(F)F)CC12. The van der Waals surface area contributed by atoms with E-state index in [1.807, 2.05) is 0 Å². The van der Waals surface area contributed by atoms with Gasteiger partial charge in [-0.2, -0.15) is 8.78 Å². The number of likely N-dealkylation sites (tertiary alicyclic amines) is 1. The summed E-state index contributed by atoms with van der Waals surface area (Å²) in [7, 11) is 0. The topological polar surface area (TPSA) is 98.7 Å². The molecule has 3 unspecified atom stereocenters. The van der Waals surface area contributed by atoms with Gasteiger partial charge < -0.3 is 15.4 Å². The molecule has 1 aromatic rings. The predicted molar refractivity (Wildman–Crippen MR) is 79.8 cm³/mol. The molecule has 9 heteroatoms. The van der Waals surface area contributed by atoms with Crippen molar-refractivity contribution >= 4 is 11.6 Å². The summed E-state index contributed by atoms with van der Waals surface area (Å²) in [5.74, 6) is -0.424. The largest absolute Gasteiger partial charge is 0.434 e. The highest BCUT2D eigenvalue weighted by atomic mass is 19.3. The van der Waals surface area contributed by atoms with E-state index in [9.17, 15) is 23.7 Å². The van der Waals surface area contributed by atoms with E-state index in [1.54, 1.807) is 0 Å². The Morgan fingerprint density at radius 3 is 2.75 bits per heavy atom. The minimum Gasteiger partial charge on any atom is -0.434 e. The summed E-state index contributed by atoms with van der Waals surface area (Å²) < 4.78 is 29.4. The number of halogens is 2. The van der Waals surface area contributed by atoms with Gasteiger partial charge >= 0.3 is 6.61 Å². The van der Waals surface area contributed by atoms with E-state index in [4.69, 9.17) is 5.73 Å². The van der Waals surface area contributed by atoms with E-state index in [-0.39, 0.29) is 29.0 Å². The van der Waals surface area contributed by atoms with E-state index >= 15 is 0 Å². The first-order valence-electron chi connectivity index (χ1n) is 7.65. The lowest BCUT2D eigenvalue weighted by Crippen LogP contribution is -2.33. The molecule has 2 N–H and O–H groups in total. The zero-order valence-corrected chi connectivity index (χ0v) is 12.7. The Morgan fingerprint density at radius 1 is 1.38 bits per heavy atom. The molecule has 1 aromatic carbocycles. The van der Waals surface area contributed by atoms with Crippen LogP contribution in [0.15, 0.2) is 18.2 Å². The number of carbonyl (C=O) groups excluding carboxylic acids is 1. The van der Waals surface area contributed by atoms with Crippen LogP contribution < -0.4 is 10.5 Å². The molecule has 130 valence electrons. The number of nitrogens with zero attached hydrogens (tertiary/aromatic N) is 2. The molecule has 1 aliphatic heterocycles. The third kappa shape index (κ3) is 3.03. The zero-order valence-electron chi connectivity index (χ0n) is 12.7. The Bertz CT molecular complexity index is 670. The number of non-ortho nitro benzene ring substituents is 1. The molecule has 2 aliphatic rings. The van der Waals surface area contributed by atoms with Crippen LogP contribution in [0.2, 0.25) is 0 Å². The minimum atomic E-state index is -3.12. The number of fused-ring (bicyclic) bond motifs is 1. The molecule has 0 bridgehead atoms. The second kappa shape index (κ2) is 6.31. The summed E-state index contributed by atoms with van der Waals surface area (Å²) in [6, 6.07) is 3.06. The maximum Gasteiger partial charge on any atom is 0.387 e. The Hall–Kier alpha value is -2.29. The van der Waals surface area contributed by atoms with Crippen molar-refractivity contribution in [3.63, 3.8) is 0 Å². The second-order valence-corrected chi connectivity index (χ2v) is 6.19. The van der Waals surface area contributed by atoms with Crippen LogP contribution in [-0.2, 0) is 0 Å². The summed E-state index contributed by atoms with van der Waals surface area (Å²) in [5, 5.41) is 10.9. The highest BCUT2D eigenvalue weighted by molar-refractivity contribution is 5.97. The van der Waals surface area contributed by atoms with Gasteiger partial charge in [0.2, 0.25) is 0 Å². The monoisotopic (exact) mass is 341 g/mol. The Labute approximate surface area is 136 Å². The van der Waals surface area contributed by atoms with Crippen molar-refractivity contribution < 1.29 is 23.2 Å². The molecule has 0 spiro atoms. The van der Waals surface area contributed by atoms with E-state index < -0.39 is 17.4 Å². The lowest BCUT2D eigenvalue weighted by Gasteiger charge is -2.20. The van der Waals surface area contributed by atoms with E-state index in [0.717, 1.165) is 31.0 Å². The first kappa shape index (κ1) is 16.6. The van der Waals surface area contributed by atoms with Gasteiger partial charge in [-0.25, -0.2) is 0 Å². The average Bonchev–Trinajstić information content (AvgIpc) is 3.09. The van der Waals surface area contributed by atoms with Crippen molar-refractivity contribution in [3.05, 3.63) is 33.9 Å². The van der Waals surface area contributed by atoms with Gasteiger partial charge in [-0.05, 0) is 30.7 Å². The number of carbonyl (C=O) groups is 1. The molecule has 1 saturated heterocycles. The van der Waals surface area contributed by atoms with Crippen molar-refractivity contribution in [3.8, 4) is 5.75 Å². The van der Waals surface area contributed by atoms with Gasteiger partial charge in [0.1, 0.15) is 5.75 Å². The van der Waals surface area contributed by atoms with Crippen LogP contribution in [0.5, 0.6) is 5.75 Å². The molecular formula is C15H17F2N3O4. The number of alkyl halides is 2. The molecule has 3 atom stereocenters. The van der Waals surface area contributed by atoms with Gasteiger partial charge in [-0.3, -0.25) is 14.9 Å². The molecule has 0 aromatic heterocycles. The van der Waals surface area contributed by atoms with Gasteiger partial charge in [0.05, 0.1) is 10.5 Å². The van der Waals surface area contributed by atoms with Crippen molar-refractivity contribution in [2.24, 2.45) is 17.6 Å². The molecule has 3 rings (SSSR count). The molecule has 1 heterocycles. The summed E-state index contributed by atoms with van der Waals surface area (Å²) >= 11 is 0. The number of nitro groups is 1. The number of rotatable bonds is 4. The third-order valence-electron chi connectivity index (χ3n) is 4.82. The number of hydrogen-bond donors (Lipinski definition) is 1. The average molecular weight is 341 g/mol. The fourth-order valence-electron chi connectivity index (χ4n) is 3.64. The van der Waals surface area contributed by atoms with Crippen LogP contribution in [0.3, 0.4) is 0 Å². The van der Waals surface area contributed by atoms with Crippen LogP contribution in [0.25, 0.3) is 0 Å². The van der Waals surface area contributed by atoms with E-state index in [2.05, 4.69) is 4.74 Å². The molecule has 1 saturated carbocycles. The number of nitro benzene ring substituents is 1. The fraction of sp³-hybridized carbons (Fsp3) is 0.533. The molecular weight excluding hydrogens is 324 g/mol. The lowest BCUT2D eigenvalue weighted by molar-refractivity contribution is -0.384. The standard InChI is InChI=1S/C15H17F2N3O4/c16-15(17)24-13-4-2-9(20(22)23)5-10(13)14(21)19-6-8-1-3-12(18)11(8)7-19/h2,4-5,8,11-12,15H,1,3,6-7,18H2. The van der Waals surface area contributed by atoms with Crippen LogP contribution in [0, 0.1) is 22.0 Å². The maximum atomic E-state index is 12.7. The normalized spacial score (nSPS) is 25.8. The fourth-order valence-corrected chi connectivity index (χ4v) is 3.64. The smallest absolute Gasteiger partial charge is 0.387 e. The number of nitrogens with two attached hydrogens (primary N) is 1. The van der Waals surface area contributed by atoms with Gasteiger partial charge in [0.25, 0.3) is 11.6 Å². The number of hydrogen-bond acceptors (Lipinski definition) is 5. The Balaban J connectivity index is 1.87. The highest BCUT2D eigenvalue weighted by Crippen LogP contribution is 2.38. The van der Waals surface area contributed by atoms with Crippen LogP contribution in [0.1, 0.15) is 23.2 Å². The summed E-state index contributed by atoms with van der Waals surface area (Å²) in [6.07, 6.45) is 1.83. The van der Waals surface area contributed by atoms with Crippen molar-refractivity contribution in [1.82, 2.24) is 4.90 Å². The molecule has 0 radical (unpaired) electrons. The number of benzene rings is 1.